The maximum Gasteiger partial charge on any atom is 0.264 e. The van der Waals surface area contributed by atoms with Crippen LogP contribution < -0.4 is 5.32 Å². The normalized spacial score (nSPS) is 13.1. The summed E-state index contributed by atoms with van der Waals surface area (Å²) >= 11 is 3.02. The highest BCUT2D eigenvalue weighted by molar-refractivity contribution is 9.10. The van der Waals surface area contributed by atoms with Gasteiger partial charge in [-0.15, -0.1) is 0 Å². The minimum Gasteiger partial charge on any atom is -0.350 e. The first-order valence-corrected chi connectivity index (χ1v) is 8.51. The molecule has 1 atom stereocenters. The number of nitrogens with one attached hydrogen (secondary N) is 1. The number of amides is 1. The quantitative estimate of drug-likeness (QED) is 0.826. The van der Waals surface area contributed by atoms with Gasteiger partial charge in [-0.25, -0.2) is 12.8 Å². The Labute approximate surface area is 123 Å². The van der Waals surface area contributed by atoms with E-state index in [4.69, 9.17) is 10.7 Å². The minimum atomic E-state index is -4.24. The second-order valence-electron chi connectivity index (χ2n) is 3.98. The summed E-state index contributed by atoms with van der Waals surface area (Å²) in [6, 6.07) is 1.74. The van der Waals surface area contributed by atoms with Crippen LogP contribution in [0.15, 0.2) is 21.5 Å². The van der Waals surface area contributed by atoms with Crippen molar-refractivity contribution in [2.24, 2.45) is 0 Å². The van der Waals surface area contributed by atoms with Gasteiger partial charge in [-0.05, 0) is 41.4 Å². The van der Waals surface area contributed by atoms with Crippen LogP contribution in [0.5, 0.6) is 0 Å². The zero-order valence-electron chi connectivity index (χ0n) is 10.2. The van der Waals surface area contributed by atoms with Gasteiger partial charge in [0.15, 0.2) is 0 Å². The summed E-state index contributed by atoms with van der Waals surface area (Å²) in [5.41, 5.74) is 0.0147. The van der Waals surface area contributed by atoms with E-state index in [9.17, 15) is 17.6 Å². The van der Waals surface area contributed by atoms with Crippen LogP contribution in [-0.4, -0.2) is 20.4 Å². The molecule has 1 unspecified atom stereocenters. The molecule has 0 aromatic heterocycles. The summed E-state index contributed by atoms with van der Waals surface area (Å²) in [6.07, 6.45) is 0.714. The minimum absolute atomic E-state index is 0.0147. The highest BCUT2D eigenvalue weighted by Gasteiger charge is 2.22. The van der Waals surface area contributed by atoms with Gasteiger partial charge in [0, 0.05) is 21.2 Å². The van der Waals surface area contributed by atoms with Crippen molar-refractivity contribution in [3.63, 3.8) is 0 Å². The lowest BCUT2D eigenvalue weighted by Gasteiger charge is -2.13. The molecule has 0 aliphatic rings. The average molecular weight is 373 g/mol. The van der Waals surface area contributed by atoms with Crippen LogP contribution in [0, 0.1) is 5.82 Å². The molecule has 0 bridgehead atoms. The van der Waals surface area contributed by atoms with Crippen molar-refractivity contribution in [1.82, 2.24) is 5.32 Å². The Morgan fingerprint density at radius 2 is 2.11 bits per heavy atom. The molecule has 0 aliphatic heterocycles. The van der Waals surface area contributed by atoms with E-state index in [0.29, 0.717) is 6.42 Å². The third kappa shape index (κ3) is 4.15. The maximum absolute atomic E-state index is 13.5. The lowest BCUT2D eigenvalue weighted by atomic mass is 10.2. The number of rotatable bonds is 4. The third-order valence-corrected chi connectivity index (χ3v) is 4.51. The largest absolute Gasteiger partial charge is 0.350 e. The first-order chi connectivity index (χ1) is 8.66. The molecular weight excluding hydrogens is 361 g/mol. The first-order valence-electron chi connectivity index (χ1n) is 5.41. The Balaban J connectivity index is 3.26. The lowest BCUT2D eigenvalue weighted by molar-refractivity contribution is 0.0938. The first kappa shape index (κ1) is 16.4. The van der Waals surface area contributed by atoms with Crippen LogP contribution in [0.3, 0.4) is 0 Å². The van der Waals surface area contributed by atoms with Crippen LogP contribution in [0.25, 0.3) is 0 Å². The van der Waals surface area contributed by atoms with Gasteiger partial charge < -0.3 is 5.32 Å². The van der Waals surface area contributed by atoms with Crippen molar-refractivity contribution >= 4 is 41.6 Å². The molecule has 1 aromatic rings. The standard InChI is InChI=1S/C11H12BrClFNO3S/c1-3-6(2)15-11(16)7-4-10(19(13,17)18)9(14)5-8(7)12/h4-6H,3H2,1-2H3,(H,15,16). The van der Waals surface area contributed by atoms with Gasteiger partial charge in [-0.3, -0.25) is 4.79 Å². The van der Waals surface area contributed by atoms with E-state index < -0.39 is 25.7 Å². The molecule has 8 heteroatoms. The predicted molar refractivity (Wildman–Crippen MR) is 74.4 cm³/mol. The molecule has 0 saturated carbocycles. The van der Waals surface area contributed by atoms with Crippen LogP contribution in [0.4, 0.5) is 4.39 Å². The van der Waals surface area contributed by atoms with Gasteiger partial charge in [-0.2, -0.15) is 0 Å². The second-order valence-corrected chi connectivity index (χ2v) is 7.37. The monoisotopic (exact) mass is 371 g/mol. The fourth-order valence-electron chi connectivity index (χ4n) is 1.29. The highest BCUT2D eigenvalue weighted by atomic mass is 79.9. The molecule has 0 aliphatic carbocycles. The van der Waals surface area contributed by atoms with Gasteiger partial charge in [-0.1, -0.05) is 6.92 Å². The highest BCUT2D eigenvalue weighted by Crippen LogP contribution is 2.26. The summed E-state index contributed by atoms with van der Waals surface area (Å²) < 4.78 is 36.0. The maximum atomic E-state index is 13.5. The number of carbonyl (C=O) groups is 1. The van der Waals surface area contributed by atoms with Crippen molar-refractivity contribution in [2.75, 3.05) is 0 Å². The SMILES string of the molecule is CCC(C)NC(=O)c1cc(S(=O)(=O)Cl)c(F)cc1Br. The van der Waals surface area contributed by atoms with Crippen molar-refractivity contribution < 1.29 is 17.6 Å². The molecule has 1 amide bonds. The Kier molecular flexibility index (Phi) is 5.34. The van der Waals surface area contributed by atoms with Gasteiger partial charge in [0.25, 0.3) is 15.0 Å². The van der Waals surface area contributed by atoms with Crippen LogP contribution in [-0.2, 0) is 9.05 Å². The summed E-state index contributed by atoms with van der Waals surface area (Å²) in [5.74, 6) is -1.51. The zero-order valence-corrected chi connectivity index (χ0v) is 13.4. The van der Waals surface area contributed by atoms with Gasteiger partial charge in [0.1, 0.15) is 10.7 Å². The molecule has 19 heavy (non-hydrogen) atoms. The van der Waals surface area contributed by atoms with Crippen molar-refractivity contribution in [3.05, 3.63) is 28.0 Å². The fourth-order valence-corrected chi connectivity index (χ4v) is 2.69. The van der Waals surface area contributed by atoms with E-state index in [2.05, 4.69) is 21.2 Å². The molecule has 0 radical (unpaired) electrons. The van der Waals surface area contributed by atoms with E-state index in [1.165, 1.54) is 0 Å². The Morgan fingerprint density at radius 1 is 1.53 bits per heavy atom. The van der Waals surface area contributed by atoms with E-state index in [-0.39, 0.29) is 16.1 Å². The number of halogens is 3. The lowest BCUT2D eigenvalue weighted by Crippen LogP contribution is -2.32. The molecule has 0 heterocycles. The molecule has 1 aromatic carbocycles. The smallest absolute Gasteiger partial charge is 0.264 e. The van der Waals surface area contributed by atoms with Gasteiger partial charge in [0.05, 0.1) is 5.56 Å². The van der Waals surface area contributed by atoms with Gasteiger partial charge in [0.2, 0.25) is 0 Å². The molecule has 4 nitrogen and oxygen atoms in total. The van der Waals surface area contributed by atoms with Crippen LogP contribution in [0.2, 0.25) is 0 Å². The fraction of sp³-hybridized carbons (Fsp3) is 0.364. The van der Waals surface area contributed by atoms with E-state index in [0.717, 1.165) is 12.1 Å². The number of hydrogen-bond acceptors (Lipinski definition) is 3. The van der Waals surface area contributed by atoms with E-state index >= 15 is 0 Å². The van der Waals surface area contributed by atoms with E-state index in [1.807, 2.05) is 6.92 Å². The summed E-state index contributed by atoms with van der Waals surface area (Å²) in [6.45, 7) is 3.69. The molecule has 106 valence electrons. The molecule has 0 spiro atoms. The molecule has 1 rings (SSSR count). The number of benzene rings is 1. The summed E-state index contributed by atoms with van der Waals surface area (Å²) in [7, 11) is 0.867. The van der Waals surface area contributed by atoms with Gasteiger partial charge >= 0.3 is 0 Å². The predicted octanol–water partition coefficient (Wildman–Crippen LogP) is 3.04. The summed E-state index contributed by atoms with van der Waals surface area (Å²) in [5, 5.41) is 2.66. The molecule has 1 N–H and O–H groups in total. The molecule has 0 fully saturated rings. The van der Waals surface area contributed by atoms with Crippen molar-refractivity contribution in [3.8, 4) is 0 Å². The number of hydrogen-bond donors (Lipinski definition) is 1. The Bertz CT molecular complexity index is 606. The van der Waals surface area contributed by atoms with E-state index in [1.54, 1.807) is 6.92 Å². The van der Waals surface area contributed by atoms with Crippen LogP contribution in [0.1, 0.15) is 30.6 Å². The average Bonchev–Trinajstić information content (AvgIpc) is 2.26. The van der Waals surface area contributed by atoms with Crippen molar-refractivity contribution in [2.45, 2.75) is 31.2 Å². The third-order valence-electron chi connectivity index (χ3n) is 2.52. The Morgan fingerprint density at radius 3 is 2.58 bits per heavy atom. The molecule has 0 saturated heterocycles. The van der Waals surface area contributed by atoms with Crippen LogP contribution >= 0.6 is 26.6 Å². The topological polar surface area (TPSA) is 63.2 Å². The van der Waals surface area contributed by atoms with Crippen molar-refractivity contribution in [1.29, 1.82) is 0 Å². The molecular formula is C11H12BrClFNO3S. The Hall–Kier alpha value is -0.660. The number of carbonyl (C=O) groups excluding carboxylic acids is 1. The summed E-state index contributed by atoms with van der Waals surface area (Å²) in [4.78, 5) is 11.2. The zero-order chi connectivity index (χ0) is 14.8. The second kappa shape index (κ2) is 6.19.